The Kier molecular flexibility index (Phi) is 5.81. The summed E-state index contributed by atoms with van der Waals surface area (Å²) in [6, 6.07) is 15.5. The van der Waals surface area contributed by atoms with E-state index in [0.29, 0.717) is 27.2 Å². The van der Waals surface area contributed by atoms with Crippen molar-refractivity contribution in [3.05, 3.63) is 85.0 Å². The Hall–Kier alpha value is -2.59. The molecule has 7 heteroatoms. The van der Waals surface area contributed by atoms with Crippen LogP contribution in [-0.4, -0.2) is 9.55 Å². The Morgan fingerprint density at radius 2 is 2.03 bits per heavy atom. The standard InChI is InChI=1S/C25H20ClN3OS2/c1-15-10-11-18(12-20(15)26)29-24(30)22-19-8-4-5-9-21(19)32-23(22)28-25(29)31-14-17-7-3-2-6-16(17)13-27/h2-3,6-7,10-12H,4-5,8-9,14H2,1H3. The number of nitriles is 1. The third kappa shape index (κ3) is 3.75. The van der Waals surface area contributed by atoms with Gasteiger partial charge < -0.3 is 0 Å². The van der Waals surface area contributed by atoms with Crippen molar-refractivity contribution in [2.45, 2.75) is 43.5 Å². The molecule has 4 nitrogen and oxygen atoms in total. The molecule has 2 heterocycles. The zero-order valence-electron chi connectivity index (χ0n) is 17.5. The first kappa shape index (κ1) is 21.3. The minimum atomic E-state index is -0.0367. The molecule has 0 fully saturated rings. The third-order valence-electron chi connectivity index (χ3n) is 5.87. The van der Waals surface area contributed by atoms with Crippen LogP contribution >= 0.6 is 34.7 Å². The summed E-state index contributed by atoms with van der Waals surface area (Å²) in [7, 11) is 0. The first-order valence-corrected chi connectivity index (χ1v) is 12.7. The molecule has 160 valence electrons. The van der Waals surface area contributed by atoms with Gasteiger partial charge in [0.15, 0.2) is 5.16 Å². The highest BCUT2D eigenvalue weighted by Crippen LogP contribution is 2.36. The molecule has 0 aliphatic heterocycles. The van der Waals surface area contributed by atoms with Crippen molar-refractivity contribution in [1.29, 1.82) is 5.26 Å². The number of halogens is 1. The summed E-state index contributed by atoms with van der Waals surface area (Å²) >= 11 is 9.54. The fourth-order valence-corrected chi connectivity index (χ4v) is 6.62. The summed E-state index contributed by atoms with van der Waals surface area (Å²) in [5, 5.41) is 11.4. The maximum atomic E-state index is 13.8. The van der Waals surface area contributed by atoms with Crippen molar-refractivity contribution >= 4 is 44.9 Å². The molecule has 0 saturated carbocycles. The van der Waals surface area contributed by atoms with Gasteiger partial charge in [-0.1, -0.05) is 47.6 Å². The van der Waals surface area contributed by atoms with Gasteiger partial charge in [-0.25, -0.2) is 4.98 Å². The number of nitrogens with zero attached hydrogens (tertiary/aromatic N) is 3. The summed E-state index contributed by atoms with van der Waals surface area (Å²) in [5.74, 6) is 0.548. The zero-order chi connectivity index (χ0) is 22.2. The monoisotopic (exact) mass is 477 g/mol. The summed E-state index contributed by atoms with van der Waals surface area (Å²) in [5.41, 5.74) is 4.38. The van der Waals surface area contributed by atoms with Crippen molar-refractivity contribution in [2.24, 2.45) is 0 Å². The predicted octanol–water partition coefficient (Wildman–Crippen LogP) is 6.45. The lowest BCUT2D eigenvalue weighted by molar-refractivity contribution is 0.699. The van der Waals surface area contributed by atoms with E-state index in [1.807, 2.05) is 49.4 Å². The molecule has 1 aliphatic rings. The summed E-state index contributed by atoms with van der Waals surface area (Å²) in [6.45, 7) is 1.94. The van der Waals surface area contributed by atoms with Crippen LogP contribution < -0.4 is 5.56 Å². The minimum absolute atomic E-state index is 0.0367. The molecule has 0 unspecified atom stereocenters. The predicted molar refractivity (Wildman–Crippen MR) is 132 cm³/mol. The van der Waals surface area contributed by atoms with Gasteiger partial charge >= 0.3 is 0 Å². The van der Waals surface area contributed by atoms with Gasteiger partial charge in [-0.2, -0.15) is 5.26 Å². The van der Waals surface area contributed by atoms with E-state index in [2.05, 4.69) is 6.07 Å². The number of benzene rings is 2. The number of thiophene rings is 1. The number of aromatic nitrogens is 2. The highest BCUT2D eigenvalue weighted by molar-refractivity contribution is 7.98. The molecule has 4 aromatic rings. The Bertz CT molecular complexity index is 1450. The maximum absolute atomic E-state index is 13.8. The smallest absolute Gasteiger partial charge is 0.267 e. The number of fused-ring (bicyclic) bond motifs is 3. The lowest BCUT2D eigenvalue weighted by atomic mass is 9.97. The summed E-state index contributed by atoms with van der Waals surface area (Å²) in [4.78, 5) is 20.9. The van der Waals surface area contributed by atoms with Gasteiger partial charge in [0.1, 0.15) is 4.83 Å². The molecule has 0 bridgehead atoms. The number of hydrogen-bond acceptors (Lipinski definition) is 5. The second-order valence-corrected chi connectivity index (χ2v) is 10.4. The molecular formula is C25H20ClN3OS2. The van der Waals surface area contributed by atoms with Crippen molar-refractivity contribution in [2.75, 3.05) is 0 Å². The van der Waals surface area contributed by atoms with Gasteiger partial charge in [0.25, 0.3) is 5.56 Å². The van der Waals surface area contributed by atoms with Crippen LogP contribution in [0.15, 0.2) is 52.4 Å². The van der Waals surface area contributed by atoms with Crippen LogP contribution in [0.25, 0.3) is 15.9 Å². The van der Waals surface area contributed by atoms with Crippen molar-refractivity contribution < 1.29 is 0 Å². The highest BCUT2D eigenvalue weighted by Gasteiger charge is 2.23. The van der Waals surface area contributed by atoms with Crippen LogP contribution in [0, 0.1) is 18.3 Å². The Morgan fingerprint density at radius 1 is 1.22 bits per heavy atom. The van der Waals surface area contributed by atoms with E-state index in [1.54, 1.807) is 15.9 Å². The maximum Gasteiger partial charge on any atom is 0.267 e. The zero-order valence-corrected chi connectivity index (χ0v) is 19.9. The molecule has 0 spiro atoms. The van der Waals surface area contributed by atoms with Crippen molar-refractivity contribution in [1.82, 2.24) is 9.55 Å². The SMILES string of the molecule is Cc1ccc(-n2c(SCc3ccccc3C#N)nc3sc4c(c3c2=O)CCCC4)cc1Cl. The Labute approximate surface area is 199 Å². The average molecular weight is 478 g/mol. The molecule has 0 saturated heterocycles. The molecular weight excluding hydrogens is 458 g/mol. The van der Waals surface area contributed by atoms with E-state index in [4.69, 9.17) is 16.6 Å². The molecule has 0 radical (unpaired) electrons. The molecule has 0 atom stereocenters. The Balaban J connectivity index is 1.69. The van der Waals surface area contributed by atoms with Gasteiger partial charge in [0.2, 0.25) is 0 Å². The van der Waals surface area contributed by atoms with Gasteiger partial charge in [-0.15, -0.1) is 11.3 Å². The molecule has 0 amide bonds. The molecule has 1 aliphatic carbocycles. The van der Waals surface area contributed by atoms with E-state index in [0.717, 1.165) is 47.0 Å². The topological polar surface area (TPSA) is 58.7 Å². The van der Waals surface area contributed by atoms with Crippen LogP contribution in [0.3, 0.4) is 0 Å². The molecule has 0 N–H and O–H groups in total. The van der Waals surface area contributed by atoms with Crippen LogP contribution in [0.2, 0.25) is 5.02 Å². The number of rotatable bonds is 4. The van der Waals surface area contributed by atoms with Crippen LogP contribution in [0.5, 0.6) is 0 Å². The largest absolute Gasteiger partial charge is 0.268 e. The second-order valence-electron chi connectivity index (χ2n) is 7.92. The van der Waals surface area contributed by atoms with Gasteiger partial charge in [0, 0.05) is 15.7 Å². The first-order valence-electron chi connectivity index (χ1n) is 10.5. The number of thioether (sulfide) groups is 1. The number of aryl methyl sites for hydroxylation is 3. The van der Waals surface area contributed by atoms with E-state index < -0.39 is 0 Å². The van der Waals surface area contributed by atoms with Crippen LogP contribution in [-0.2, 0) is 18.6 Å². The normalized spacial score (nSPS) is 13.2. The second kappa shape index (κ2) is 8.74. The minimum Gasteiger partial charge on any atom is -0.268 e. The van der Waals surface area contributed by atoms with E-state index in [9.17, 15) is 10.1 Å². The average Bonchev–Trinajstić information content (AvgIpc) is 3.18. The van der Waals surface area contributed by atoms with E-state index in [-0.39, 0.29) is 5.56 Å². The van der Waals surface area contributed by atoms with E-state index >= 15 is 0 Å². The Morgan fingerprint density at radius 3 is 2.84 bits per heavy atom. The van der Waals surface area contributed by atoms with Gasteiger partial charge in [-0.05, 0) is 67.5 Å². The summed E-state index contributed by atoms with van der Waals surface area (Å²) < 4.78 is 1.69. The van der Waals surface area contributed by atoms with Crippen LogP contribution in [0.1, 0.15) is 40.0 Å². The molecule has 32 heavy (non-hydrogen) atoms. The summed E-state index contributed by atoms with van der Waals surface area (Å²) in [6.07, 6.45) is 4.22. The van der Waals surface area contributed by atoms with Gasteiger partial charge in [-0.3, -0.25) is 9.36 Å². The lowest BCUT2D eigenvalue weighted by Gasteiger charge is -2.14. The van der Waals surface area contributed by atoms with Crippen LogP contribution in [0.4, 0.5) is 0 Å². The highest BCUT2D eigenvalue weighted by atomic mass is 35.5. The number of hydrogen-bond donors (Lipinski definition) is 0. The molecule has 5 rings (SSSR count). The van der Waals surface area contributed by atoms with Crippen molar-refractivity contribution in [3.8, 4) is 11.8 Å². The fourth-order valence-electron chi connectivity index (χ4n) is 4.13. The quantitative estimate of drug-likeness (QED) is 0.250. The molecule has 2 aromatic carbocycles. The first-order chi connectivity index (χ1) is 15.6. The van der Waals surface area contributed by atoms with Crippen molar-refractivity contribution in [3.63, 3.8) is 0 Å². The third-order valence-corrected chi connectivity index (χ3v) is 8.45. The molecule has 2 aromatic heterocycles. The fraction of sp³-hybridized carbons (Fsp3) is 0.240. The lowest BCUT2D eigenvalue weighted by Crippen LogP contribution is -2.22. The van der Waals surface area contributed by atoms with E-state index in [1.165, 1.54) is 22.2 Å². The van der Waals surface area contributed by atoms with Gasteiger partial charge in [0.05, 0.1) is 22.7 Å².